The van der Waals surface area contributed by atoms with Gasteiger partial charge in [-0.3, -0.25) is 9.78 Å². The fourth-order valence-corrected chi connectivity index (χ4v) is 7.70. The number of aryl methyl sites for hydroxylation is 1. The molecule has 4 fully saturated rings. The number of nitrogens with one attached hydrogen (secondary N) is 1. The molecule has 1 unspecified atom stereocenters. The Bertz CT molecular complexity index is 840. The lowest BCUT2D eigenvalue weighted by molar-refractivity contribution is -0.0727. The maximum Gasteiger partial charge on any atom is 0.263 e. The van der Waals surface area contributed by atoms with E-state index in [4.69, 9.17) is 0 Å². The van der Waals surface area contributed by atoms with Crippen molar-refractivity contribution in [2.45, 2.75) is 64.8 Å². The quantitative estimate of drug-likeness (QED) is 0.753. The zero-order chi connectivity index (χ0) is 19.3. The second-order valence-electron chi connectivity index (χ2n) is 9.39. The molecular formula is C23H29N3OS. The highest BCUT2D eigenvalue weighted by Crippen LogP contribution is 2.61. The lowest BCUT2D eigenvalue weighted by Crippen LogP contribution is -2.56. The fourth-order valence-electron chi connectivity index (χ4n) is 6.74. The zero-order valence-corrected chi connectivity index (χ0v) is 17.6. The molecule has 1 N–H and O–H groups in total. The van der Waals surface area contributed by atoms with Crippen molar-refractivity contribution >= 4 is 17.2 Å². The van der Waals surface area contributed by atoms with Crippen LogP contribution in [-0.2, 0) is 0 Å². The maximum atomic E-state index is 13.2. The Morgan fingerprint density at radius 2 is 1.93 bits per heavy atom. The SMILES string of the molecule is CCC(NC(=O)c1sc(-c2cccnc2)nc1C)C12CC3CC(CC(C3)C1)C2. The molecule has 0 saturated heterocycles. The lowest BCUT2D eigenvalue weighted by Gasteiger charge is -2.59. The first-order chi connectivity index (χ1) is 13.6. The Balaban J connectivity index is 1.37. The molecule has 6 rings (SSSR count). The van der Waals surface area contributed by atoms with Crippen LogP contribution in [0.5, 0.6) is 0 Å². The van der Waals surface area contributed by atoms with Gasteiger partial charge in [0.05, 0.1) is 5.69 Å². The molecule has 28 heavy (non-hydrogen) atoms. The summed E-state index contributed by atoms with van der Waals surface area (Å²) in [6, 6.07) is 4.19. The summed E-state index contributed by atoms with van der Waals surface area (Å²) in [6.07, 6.45) is 12.9. The van der Waals surface area contributed by atoms with E-state index in [-0.39, 0.29) is 11.9 Å². The molecule has 2 aromatic heterocycles. The highest BCUT2D eigenvalue weighted by Gasteiger charge is 2.54. The number of amides is 1. The Kier molecular flexibility index (Phi) is 4.53. The summed E-state index contributed by atoms with van der Waals surface area (Å²) in [5, 5.41) is 4.34. The van der Waals surface area contributed by atoms with Crippen LogP contribution in [0.25, 0.3) is 10.6 Å². The van der Waals surface area contributed by atoms with Crippen LogP contribution >= 0.6 is 11.3 Å². The Morgan fingerprint density at radius 1 is 1.25 bits per heavy atom. The van der Waals surface area contributed by atoms with Crippen LogP contribution in [0.1, 0.15) is 67.2 Å². The largest absolute Gasteiger partial charge is 0.348 e. The van der Waals surface area contributed by atoms with Gasteiger partial charge in [0.1, 0.15) is 9.88 Å². The van der Waals surface area contributed by atoms with E-state index in [0.29, 0.717) is 5.41 Å². The molecule has 2 heterocycles. The summed E-state index contributed by atoms with van der Waals surface area (Å²) in [5.41, 5.74) is 2.13. The van der Waals surface area contributed by atoms with E-state index in [1.807, 2.05) is 25.3 Å². The van der Waals surface area contributed by atoms with Crippen LogP contribution in [0.4, 0.5) is 0 Å². The summed E-state index contributed by atoms with van der Waals surface area (Å²) >= 11 is 1.49. The van der Waals surface area contributed by atoms with Gasteiger partial charge in [-0.05, 0) is 87.2 Å². The summed E-state index contributed by atoms with van der Waals surface area (Å²) in [6.45, 7) is 4.18. The predicted octanol–water partition coefficient (Wildman–Crippen LogP) is 5.24. The van der Waals surface area contributed by atoms with Gasteiger partial charge in [-0.25, -0.2) is 4.98 Å². The van der Waals surface area contributed by atoms with Crippen LogP contribution in [0.15, 0.2) is 24.5 Å². The monoisotopic (exact) mass is 395 g/mol. The Labute approximate surface area is 171 Å². The fraction of sp³-hybridized carbons (Fsp3) is 0.609. The topological polar surface area (TPSA) is 54.9 Å². The summed E-state index contributed by atoms with van der Waals surface area (Å²) < 4.78 is 0. The molecule has 4 aliphatic rings. The molecule has 1 amide bonds. The van der Waals surface area contributed by atoms with Gasteiger partial charge in [0.2, 0.25) is 0 Å². The number of carbonyl (C=O) groups excluding carboxylic acids is 1. The molecular weight excluding hydrogens is 366 g/mol. The standard InChI is InChI=1S/C23H29N3OS/c1-3-19(23-10-15-7-16(11-23)9-17(8-15)12-23)26-21(27)20-14(2)25-22(28-20)18-5-4-6-24-13-18/h4-6,13,15-17,19H,3,7-12H2,1-2H3,(H,26,27). The minimum absolute atomic E-state index is 0.0627. The van der Waals surface area contributed by atoms with Crippen LogP contribution in [0.2, 0.25) is 0 Å². The second-order valence-corrected chi connectivity index (χ2v) is 10.4. The van der Waals surface area contributed by atoms with Crippen molar-refractivity contribution in [1.29, 1.82) is 0 Å². The van der Waals surface area contributed by atoms with Gasteiger partial charge in [-0.1, -0.05) is 6.92 Å². The van der Waals surface area contributed by atoms with Gasteiger partial charge in [0.25, 0.3) is 5.91 Å². The molecule has 0 radical (unpaired) electrons. The molecule has 4 aliphatic carbocycles. The molecule has 2 aromatic rings. The van der Waals surface area contributed by atoms with Crippen molar-refractivity contribution in [2.75, 3.05) is 0 Å². The molecule has 1 atom stereocenters. The summed E-state index contributed by atoms with van der Waals surface area (Å²) in [4.78, 5) is 22.8. The van der Waals surface area contributed by atoms with Crippen molar-refractivity contribution in [1.82, 2.24) is 15.3 Å². The third kappa shape index (κ3) is 3.08. The lowest BCUT2D eigenvalue weighted by atomic mass is 9.47. The van der Waals surface area contributed by atoms with Crippen LogP contribution in [-0.4, -0.2) is 21.9 Å². The number of nitrogens with zero attached hydrogens (tertiary/aromatic N) is 2. The third-order valence-electron chi connectivity index (χ3n) is 7.45. The van der Waals surface area contributed by atoms with Gasteiger partial charge in [0.15, 0.2) is 0 Å². The smallest absolute Gasteiger partial charge is 0.263 e. The van der Waals surface area contributed by atoms with Gasteiger partial charge in [-0.15, -0.1) is 11.3 Å². The average Bonchev–Trinajstić information content (AvgIpc) is 3.07. The second kappa shape index (κ2) is 6.94. The van der Waals surface area contributed by atoms with E-state index in [1.54, 1.807) is 6.20 Å². The molecule has 148 valence electrons. The number of pyridine rings is 1. The van der Waals surface area contributed by atoms with E-state index in [0.717, 1.165) is 45.3 Å². The summed E-state index contributed by atoms with van der Waals surface area (Å²) in [5.74, 6) is 2.77. The molecule has 4 saturated carbocycles. The molecule has 4 nitrogen and oxygen atoms in total. The highest BCUT2D eigenvalue weighted by atomic mass is 32.1. The van der Waals surface area contributed by atoms with E-state index in [9.17, 15) is 4.79 Å². The van der Waals surface area contributed by atoms with E-state index < -0.39 is 0 Å². The third-order valence-corrected chi connectivity index (χ3v) is 8.65. The first-order valence-corrected chi connectivity index (χ1v) is 11.6. The number of thiazole rings is 1. The van der Waals surface area contributed by atoms with E-state index in [1.165, 1.54) is 49.9 Å². The van der Waals surface area contributed by atoms with Gasteiger partial charge < -0.3 is 5.32 Å². The van der Waals surface area contributed by atoms with Crippen LogP contribution in [0, 0.1) is 30.1 Å². The van der Waals surface area contributed by atoms with Crippen molar-refractivity contribution in [2.24, 2.45) is 23.2 Å². The normalized spacial score (nSPS) is 31.7. The highest BCUT2D eigenvalue weighted by molar-refractivity contribution is 7.17. The minimum atomic E-state index is 0.0627. The number of hydrogen-bond acceptors (Lipinski definition) is 4. The van der Waals surface area contributed by atoms with Crippen molar-refractivity contribution in [3.63, 3.8) is 0 Å². The molecule has 5 heteroatoms. The van der Waals surface area contributed by atoms with E-state index >= 15 is 0 Å². The number of carbonyl (C=O) groups is 1. The average molecular weight is 396 g/mol. The molecule has 4 bridgehead atoms. The first kappa shape index (κ1) is 18.3. The van der Waals surface area contributed by atoms with Gasteiger partial charge in [0, 0.05) is 24.0 Å². The summed E-state index contributed by atoms with van der Waals surface area (Å²) in [7, 11) is 0. The van der Waals surface area contributed by atoms with Crippen LogP contribution in [0.3, 0.4) is 0 Å². The van der Waals surface area contributed by atoms with Crippen molar-refractivity contribution < 1.29 is 4.79 Å². The number of rotatable bonds is 5. The van der Waals surface area contributed by atoms with E-state index in [2.05, 4.69) is 22.2 Å². The molecule has 0 spiro atoms. The van der Waals surface area contributed by atoms with Gasteiger partial charge >= 0.3 is 0 Å². The van der Waals surface area contributed by atoms with Crippen molar-refractivity contribution in [3.05, 3.63) is 35.1 Å². The van der Waals surface area contributed by atoms with Crippen molar-refractivity contribution in [3.8, 4) is 10.6 Å². The Morgan fingerprint density at radius 3 is 2.50 bits per heavy atom. The predicted molar refractivity (Wildman–Crippen MR) is 112 cm³/mol. The van der Waals surface area contributed by atoms with Crippen LogP contribution < -0.4 is 5.32 Å². The maximum absolute atomic E-state index is 13.2. The number of hydrogen-bond donors (Lipinski definition) is 1. The Hall–Kier alpha value is -1.75. The number of aromatic nitrogens is 2. The molecule has 0 aromatic carbocycles. The zero-order valence-electron chi connectivity index (χ0n) is 16.8. The van der Waals surface area contributed by atoms with Gasteiger partial charge in [-0.2, -0.15) is 0 Å². The first-order valence-electron chi connectivity index (χ1n) is 10.7. The minimum Gasteiger partial charge on any atom is -0.348 e. The molecule has 0 aliphatic heterocycles.